The highest BCUT2D eigenvalue weighted by Gasteiger charge is 2.36. The van der Waals surface area contributed by atoms with Crippen LogP contribution in [0.4, 0.5) is 0 Å². The molecule has 0 N–H and O–H groups in total. The number of hydrogen-bond acceptors (Lipinski definition) is 3. The molecule has 1 aliphatic rings. The van der Waals surface area contributed by atoms with Gasteiger partial charge in [0.05, 0.1) is 22.1 Å². The van der Waals surface area contributed by atoms with Crippen molar-refractivity contribution in [3.63, 3.8) is 0 Å². The minimum Gasteiger partial charge on any atom is -0.309 e. The highest BCUT2D eigenvalue weighted by molar-refractivity contribution is 6.14. The summed E-state index contributed by atoms with van der Waals surface area (Å²) in [6.07, 6.45) is 0. The third kappa shape index (κ3) is 5.82. The van der Waals surface area contributed by atoms with E-state index < -0.39 is 0 Å². The van der Waals surface area contributed by atoms with E-state index in [-0.39, 0.29) is 5.41 Å². The van der Waals surface area contributed by atoms with Crippen molar-refractivity contribution in [3.8, 4) is 67.8 Å². The molecule has 65 heavy (non-hydrogen) atoms. The molecule has 5 nitrogen and oxygen atoms in total. The lowest BCUT2D eigenvalue weighted by Gasteiger charge is -2.21. The number of para-hydroxylation sites is 2. The molecule has 306 valence electrons. The Morgan fingerprint density at radius 3 is 1.62 bits per heavy atom. The number of rotatable bonds is 6. The first-order valence-electron chi connectivity index (χ1n) is 22.3. The second-order valence-electron chi connectivity index (χ2n) is 17.7. The predicted molar refractivity (Wildman–Crippen MR) is 268 cm³/mol. The Kier molecular flexibility index (Phi) is 8.18. The lowest BCUT2D eigenvalue weighted by Crippen LogP contribution is -2.15. The zero-order valence-corrected chi connectivity index (χ0v) is 35.9. The highest BCUT2D eigenvalue weighted by atomic mass is 15.2. The third-order valence-electron chi connectivity index (χ3n) is 13.6. The van der Waals surface area contributed by atoms with Crippen LogP contribution in [0.15, 0.2) is 212 Å². The second-order valence-corrected chi connectivity index (χ2v) is 17.7. The van der Waals surface area contributed by atoms with E-state index in [1.54, 1.807) is 0 Å². The molecule has 0 bridgehead atoms. The van der Waals surface area contributed by atoms with E-state index in [9.17, 15) is 0 Å². The molecule has 3 aromatic heterocycles. The first-order chi connectivity index (χ1) is 32.0. The molecule has 0 amide bonds. The van der Waals surface area contributed by atoms with E-state index in [1.165, 1.54) is 44.1 Å². The van der Waals surface area contributed by atoms with Gasteiger partial charge in [-0.3, -0.25) is 4.57 Å². The summed E-state index contributed by atoms with van der Waals surface area (Å²) in [5.74, 6) is 1.82. The fourth-order valence-corrected chi connectivity index (χ4v) is 10.4. The largest absolute Gasteiger partial charge is 0.309 e. The lowest BCUT2D eigenvalue weighted by atomic mass is 9.82. The molecule has 5 heteroatoms. The maximum absolute atomic E-state index is 5.39. The minimum atomic E-state index is -0.196. The average Bonchev–Trinajstić information content (AvgIpc) is 3.96. The first kappa shape index (κ1) is 37.2. The van der Waals surface area contributed by atoms with Crippen LogP contribution < -0.4 is 0 Å². The van der Waals surface area contributed by atoms with Crippen molar-refractivity contribution in [2.24, 2.45) is 0 Å². The van der Waals surface area contributed by atoms with E-state index in [0.29, 0.717) is 17.6 Å². The zero-order valence-electron chi connectivity index (χ0n) is 35.9. The van der Waals surface area contributed by atoms with E-state index in [4.69, 9.17) is 15.0 Å². The van der Waals surface area contributed by atoms with Crippen LogP contribution in [0.5, 0.6) is 0 Å². The summed E-state index contributed by atoms with van der Waals surface area (Å²) >= 11 is 0. The SMILES string of the molecule is CC1(C)c2ccccc2-c2cc3c4cc(-c5ccc6c(c5)c5ccccc5n6-c5ccccc5)ccc4n(-c4nc(-c5ccccc5)nc(-c5cccc(-c6ccccc6)c5)n4)c3cc21. The third-order valence-corrected chi connectivity index (χ3v) is 13.6. The van der Waals surface area contributed by atoms with Crippen LogP contribution in [0.2, 0.25) is 0 Å². The standard InChI is InChI=1S/C60H41N5/c1-60(2)51-27-14-12-25-45(51)47-36-50-49-35-42(41-29-31-54-48(34-41)46-26-13-15-28-53(46)64(54)44-23-10-5-11-24-44)30-32-55(49)65(56(50)37-52(47)60)59-62-57(39-19-8-4-9-20-39)61-58(63-59)43-22-16-21-40(33-43)38-17-6-3-7-18-38/h3-37H,1-2H3. The average molecular weight is 832 g/mol. The van der Waals surface area contributed by atoms with E-state index in [0.717, 1.165) is 60.9 Å². The predicted octanol–water partition coefficient (Wildman–Crippen LogP) is 15.0. The van der Waals surface area contributed by atoms with Crippen molar-refractivity contribution in [1.82, 2.24) is 24.1 Å². The van der Waals surface area contributed by atoms with Gasteiger partial charge in [-0.2, -0.15) is 9.97 Å². The summed E-state index contributed by atoms with van der Waals surface area (Å²) in [5, 5.41) is 4.76. The van der Waals surface area contributed by atoms with E-state index in [2.05, 4.69) is 211 Å². The Morgan fingerprint density at radius 2 is 0.862 bits per heavy atom. The normalized spacial score (nSPS) is 12.9. The molecule has 0 saturated carbocycles. The lowest BCUT2D eigenvalue weighted by molar-refractivity contribution is 0.661. The Morgan fingerprint density at radius 1 is 0.323 bits per heavy atom. The van der Waals surface area contributed by atoms with Crippen molar-refractivity contribution < 1.29 is 0 Å². The van der Waals surface area contributed by atoms with Crippen LogP contribution in [-0.4, -0.2) is 24.1 Å². The van der Waals surface area contributed by atoms with Crippen molar-refractivity contribution >= 4 is 43.6 Å². The van der Waals surface area contributed by atoms with E-state index >= 15 is 0 Å². The summed E-state index contributed by atoms with van der Waals surface area (Å²) < 4.78 is 4.64. The van der Waals surface area contributed by atoms with Crippen molar-refractivity contribution in [3.05, 3.63) is 223 Å². The summed E-state index contributed by atoms with van der Waals surface area (Å²) in [4.78, 5) is 15.9. The maximum atomic E-state index is 5.39. The molecule has 0 spiro atoms. The molecule has 1 aliphatic carbocycles. The van der Waals surface area contributed by atoms with Crippen LogP contribution in [0, 0.1) is 0 Å². The van der Waals surface area contributed by atoms with Gasteiger partial charge in [-0.15, -0.1) is 0 Å². The molecular formula is C60H41N5. The van der Waals surface area contributed by atoms with Gasteiger partial charge in [0, 0.05) is 43.8 Å². The van der Waals surface area contributed by atoms with Crippen molar-refractivity contribution in [2.75, 3.05) is 0 Å². The molecule has 12 aromatic rings. The van der Waals surface area contributed by atoms with Crippen LogP contribution in [0.3, 0.4) is 0 Å². The number of aromatic nitrogens is 5. The molecule has 0 radical (unpaired) electrons. The summed E-state index contributed by atoms with van der Waals surface area (Å²) in [6.45, 7) is 4.68. The fourth-order valence-electron chi connectivity index (χ4n) is 10.4. The van der Waals surface area contributed by atoms with Gasteiger partial charge in [0.1, 0.15) is 0 Å². The zero-order chi connectivity index (χ0) is 43.2. The summed E-state index contributed by atoms with van der Waals surface area (Å²) in [6, 6.07) is 76.1. The Bertz CT molecular complexity index is 3840. The second kappa shape index (κ2) is 14.3. The summed E-state index contributed by atoms with van der Waals surface area (Å²) in [7, 11) is 0. The van der Waals surface area contributed by atoms with Gasteiger partial charge < -0.3 is 4.57 Å². The molecule has 0 saturated heterocycles. The first-order valence-corrected chi connectivity index (χ1v) is 22.3. The van der Waals surface area contributed by atoms with Crippen LogP contribution >= 0.6 is 0 Å². The molecule has 13 rings (SSSR count). The Labute approximate surface area is 376 Å². The molecule has 0 unspecified atom stereocenters. The monoisotopic (exact) mass is 831 g/mol. The summed E-state index contributed by atoms with van der Waals surface area (Å²) in [5.41, 5.74) is 17.1. The molecular weight excluding hydrogens is 791 g/mol. The quantitative estimate of drug-likeness (QED) is 0.168. The molecule has 0 fully saturated rings. The fraction of sp³-hybridized carbons (Fsp3) is 0.0500. The highest BCUT2D eigenvalue weighted by Crippen LogP contribution is 2.51. The Balaban J connectivity index is 1.06. The number of fused-ring (bicyclic) bond motifs is 9. The maximum Gasteiger partial charge on any atom is 0.238 e. The van der Waals surface area contributed by atoms with Gasteiger partial charge in [-0.25, -0.2) is 4.98 Å². The number of nitrogens with zero attached hydrogens (tertiary/aromatic N) is 5. The van der Waals surface area contributed by atoms with E-state index in [1.807, 2.05) is 24.3 Å². The minimum absolute atomic E-state index is 0.196. The van der Waals surface area contributed by atoms with Gasteiger partial charge in [0.2, 0.25) is 5.95 Å². The van der Waals surface area contributed by atoms with Crippen LogP contribution in [-0.2, 0) is 5.41 Å². The Hall–Kier alpha value is -8.41. The number of hydrogen-bond donors (Lipinski definition) is 0. The van der Waals surface area contributed by atoms with Crippen LogP contribution in [0.25, 0.3) is 111 Å². The number of benzene rings is 9. The van der Waals surface area contributed by atoms with Gasteiger partial charge in [-0.1, -0.05) is 166 Å². The molecule has 0 atom stereocenters. The van der Waals surface area contributed by atoms with Crippen molar-refractivity contribution in [2.45, 2.75) is 19.3 Å². The molecule has 3 heterocycles. The topological polar surface area (TPSA) is 48.5 Å². The van der Waals surface area contributed by atoms with Gasteiger partial charge in [0.15, 0.2) is 11.6 Å². The molecule has 0 aliphatic heterocycles. The van der Waals surface area contributed by atoms with Gasteiger partial charge >= 0.3 is 0 Å². The van der Waals surface area contributed by atoms with Crippen LogP contribution in [0.1, 0.15) is 25.0 Å². The van der Waals surface area contributed by atoms with Gasteiger partial charge in [-0.05, 0) is 105 Å². The smallest absolute Gasteiger partial charge is 0.238 e. The van der Waals surface area contributed by atoms with Crippen molar-refractivity contribution in [1.29, 1.82) is 0 Å². The van der Waals surface area contributed by atoms with Gasteiger partial charge in [0.25, 0.3) is 0 Å². The molecule has 9 aromatic carbocycles.